The molecule has 0 saturated carbocycles. The number of hydrogen-bond donors (Lipinski definition) is 3. The predicted molar refractivity (Wildman–Crippen MR) is 133 cm³/mol. The van der Waals surface area contributed by atoms with Crippen molar-refractivity contribution in [3.05, 3.63) is 29.8 Å². The summed E-state index contributed by atoms with van der Waals surface area (Å²) in [6, 6.07) is 3.46. The number of β-lactam (4-membered cyclic amide) rings is 1. The first-order valence-electron chi connectivity index (χ1n) is 10.1. The molecule has 0 radical (unpaired) electrons. The Hall–Kier alpha value is -1.97. The molecule has 198 valence electrons. The SMILES string of the molecule is CC1(C)S[C@@H]2C(NC(=O)Cc3ccccc3N(C(=O)OCC(Cl)(Cl)Cl)S(N)(=O)=O)C(=O)N2[C@H]1C(=O)O. The van der Waals surface area contributed by atoms with Crippen LogP contribution in [0.1, 0.15) is 19.4 Å². The largest absolute Gasteiger partial charge is 0.480 e. The number of anilines is 1. The van der Waals surface area contributed by atoms with E-state index in [4.69, 9.17) is 44.7 Å². The first-order valence-corrected chi connectivity index (χ1v) is 13.6. The summed E-state index contributed by atoms with van der Waals surface area (Å²) >= 11 is 17.9. The van der Waals surface area contributed by atoms with Gasteiger partial charge in [-0.3, -0.25) is 9.59 Å². The van der Waals surface area contributed by atoms with Crippen LogP contribution in [0.25, 0.3) is 0 Å². The lowest BCUT2D eigenvalue weighted by atomic mass is 9.96. The Morgan fingerprint density at radius 2 is 1.89 bits per heavy atom. The summed E-state index contributed by atoms with van der Waals surface area (Å²) in [6.45, 7) is 2.61. The highest BCUT2D eigenvalue weighted by Crippen LogP contribution is 2.50. The van der Waals surface area contributed by atoms with Crippen molar-refractivity contribution in [2.45, 2.75) is 46.3 Å². The van der Waals surface area contributed by atoms with Gasteiger partial charge in [-0.2, -0.15) is 12.7 Å². The Balaban J connectivity index is 1.78. The number of nitrogens with one attached hydrogen (secondary N) is 1. The zero-order chi connectivity index (χ0) is 27.2. The minimum absolute atomic E-state index is 0.0568. The molecule has 2 aliphatic heterocycles. The van der Waals surface area contributed by atoms with Gasteiger partial charge >= 0.3 is 22.3 Å². The molecule has 3 atom stereocenters. The zero-order valence-corrected chi connectivity index (χ0v) is 22.6. The minimum Gasteiger partial charge on any atom is -0.480 e. The zero-order valence-electron chi connectivity index (χ0n) is 18.7. The quantitative estimate of drug-likeness (QED) is 0.307. The highest BCUT2D eigenvalue weighted by atomic mass is 35.6. The van der Waals surface area contributed by atoms with E-state index in [0.29, 0.717) is 0 Å². The average Bonchev–Trinajstić information content (AvgIpc) is 2.98. The van der Waals surface area contributed by atoms with Gasteiger partial charge in [0, 0.05) is 4.75 Å². The summed E-state index contributed by atoms with van der Waals surface area (Å²) in [5.41, 5.74) is -0.227. The molecule has 3 rings (SSSR count). The van der Waals surface area contributed by atoms with Gasteiger partial charge in [-0.1, -0.05) is 53.0 Å². The molecule has 1 aromatic rings. The third-order valence-electron chi connectivity index (χ3n) is 5.33. The summed E-state index contributed by atoms with van der Waals surface area (Å²) in [5.74, 6) is -2.37. The summed E-state index contributed by atoms with van der Waals surface area (Å²) in [6.07, 6.45) is -1.92. The Kier molecular flexibility index (Phi) is 7.99. The van der Waals surface area contributed by atoms with Crippen LogP contribution in [0.5, 0.6) is 0 Å². The molecular formula is C19H21Cl3N4O8S2. The molecule has 2 saturated heterocycles. The number of thioether (sulfide) groups is 1. The van der Waals surface area contributed by atoms with Gasteiger partial charge in [0.15, 0.2) is 0 Å². The molecule has 3 amide bonds. The van der Waals surface area contributed by atoms with E-state index in [9.17, 15) is 32.7 Å². The van der Waals surface area contributed by atoms with Crippen LogP contribution in [-0.2, 0) is 35.8 Å². The first kappa shape index (κ1) is 28.6. The van der Waals surface area contributed by atoms with Gasteiger partial charge in [0.05, 0.1) is 12.1 Å². The van der Waals surface area contributed by atoms with Gasteiger partial charge < -0.3 is 20.1 Å². The van der Waals surface area contributed by atoms with Crippen molar-refractivity contribution in [3.63, 3.8) is 0 Å². The molecule has 12 nitrogen and oxygen atoms in total. The lowest BCUT2D eigenvalue weighted by molar-refractivity contribution is -0.161. The van der Waals surface area contributed by atoms with Crippen LogP contribution >= 0.6 is 46.6 Å². The van der Waals surface area contributed by atoms with Gasteiger partial charge in [0.1, 0.15) is 24.1 Å². The lowest BCUT2D eigenvalue weighted by Gasteiger charge is -2.43. The van der Waals surface area contributed by atoms with Crippen LogP contribution < -0.4 is 14.8 Å². The number of alkyl halides is 3. The van der Waals surface area contributed by atoms with Crippen molar-refractivity contribution < 1.29 is 37.4 Å². The molecular weight excluding hydrogens is 583 g/mol. The number of fused-ring (bicyclic) bond motifs is 1. The molecule has 0 bridgehead atoms. The third-order valence-corrected chi connectivity index (χ3v) is 8.09. The van der Waals surface area contributed by atoms with Crippen LogP contribution in [0.3, 0.4) is 0 Å². The Morgan fingerprint density at radius 1 is 1.28 bits per heavy atom. The standard InChI is InChI=1S/C19H21Cl3N4O8S2/c1-18(2)13(16(29)30)25-14(28)12(15(25)35-18)24-11(27)7-9-5-3-4-6-10(9)26(36(23,32)33)17(31)34-8-19(20,21)22/h3-6,12-13,15H,7-8H2,1-2H3,(H,24,27)(H,29,30)(H2,23,32,33)/t12?,13-,15+/m0/s1. The van der Waals surface area contributed by atoms with E-state index in [1.165, 1.54) is 40.9 Å². The summed E-state index contributed by atoms with van der Waals surface area (Å²) in [7, 11) is -4.73. The normalized spacial score (nSPS) is 22.9. The number of carboxylic acid groups (broad SMARTS) is 1. The van der Waals surface area contributed by atoms with Gasteiger partial charge in [-0.15, -0.1) is 11.8 Å². The van der Waals surface area contributed by atoms with Crippen molar-refractivity contribution in [1.29, 1.82) is 0 Å². The molecule has 2 heterocycles. The Morgan fingerprint density at radius 3 is 2.44 bits per heavy atom. The number of halogens is 3. The lowest BCUT2D eigenvalue weighted by Crippen LogP contribution is -2.70. The van der Waals surface area contributed by atoms with Gasteiger partial charge in [-0.25, -0.2) is 14.7 Å². The Labute approximate surface area is 225 Å². The van der Waals surface area contributed by atoms with E-state index in [1.807, 2.05) is 0 Å². The number of benzene rings is 1. The summed E-state index contributed by atoms with van der Waals surface area (Å²) < 4.78 is 26.4. The van der Waals surface area contributed by atoms with Crippen LogP contribution in [0.4, 0.5) is 10.5 Å². The predicted octanol–water partition coefficient (Wildman–Crippen LogP) is 1.38. The minimum atomic E-state index is -4.73. The number of para-hydroxylation sites is 1. The summed E-state index contributed by atoms with van der Waals surface area (Å²) in [5, 5.41) is 16.7. The molecule has 17 heteroatoms. The second-order valence-electron chi connectivity index (χ2n) is 8.43. The van der Waals surface area contributed by atoms with Gasteiger partial charge in [0.2, 0.25) is 15.6 Å². The fourth-order valence-corrected chi connectivity index (χ4v) is 6.44. The van der Waals surface area contributed by atoms with E-state index in [2.05, 4.69) is 5.32 Å². The molecule has 36 heavy (non-hydrogen) atoms. The highest BCUT2D eigenvalue weighted by Gasteiger charge is 2.64. The molecule has 0 spiro atoms. The van der Waals surface area contributed by atoms with Crippen LogP contribution in [0.15, 0.2) is 24.3 Å². The number of carboxylic acids is 1. The maximum atomic E-state index is 12.8. The van der Waals surface area contributed by atoms with Crippen LogP contribution in [0.2, 0.25) is 0 Å². The van der Waals surface area contributed by atoms with Crippen LogP contribution in [-0.4, -0.2) is 74.9 Å². The molecule has 4 N–H and O–H groups in total. The molecule has 1 aromatic carbocycles. The Bertz CT molecular complexity index is 1210. The van der Waals surface area contributed by atoms with Crippen LogP contribution in [0, 0.1) is 0 Å². The number of amides is 3. The van der Waals surface area contributed by atoms with Crippen molar-refractivity contribution in [1.82, 2.24) is 10.2 Å². The molecule has 0 aliphatic carbocycles. The summed E-state index contributed by atoms with van der Waals surface area (Å²) in [4.78, 5) is 50.8. The molecule has 2 fully saturated rings. The van der Waals surface area contributed by atoms with E-state index in [-0.39, 0.29) is 15.6 Å². The van der Waals surface area contributed by atoms with Crippen molar-refractivity contribution >= 4 is 86.3 Å². The first-order chi connectivity index (χ1) is 16.4. The van der Waals surface area contributed by atoms with E-state index < -0.39 is 73.1 Å². The third kappa shape index (κ3) is 5.94. The fraction of sp³-hybridized carbons (Fsp3) is 0.474. The number of ether oxygens (including phenoxy) is 1. The van der Waals surface area contributed by atoms with Gasteiger partial charge in [-0.05, 0) is 25.5 Å². The molecule has 2 aliphatic rings. The number of nitrogens with two attached hydrogens (primary N) is 1. The topological polar surface area (TPSA) is 176 Å². The highest BCUT2D eigenvalue weighted by molar-refractivity contribution is 8.01. The monoisotopic (exact) mass is 602 g/mol. The second kappa shape index (κ2) is 10.1. The molecule has 1 unspecified atom stereocenters. The number of carbonyl (C=O) groups excluding carboxylic acids is 3. The van der Waals surface area contributed by atoms with Crippen molar-refractivity contribution in [2.24, 2.45) is 5.14 Å². The number of carbonyl (C=O) groups is 4. The number of aliphatic carboxylic acids is 1. The number of hydrogen-bond acceptors (Lipinski definition) is 8. The van der Waals surface area contributed by atoms with E-state index in [1.54, 1.807) is 13.8 Å². The maximum Gasteiger partial charge on any atom is 0.429 e. The maximum absolute atomic E-state index is 12.8. The van der Waals surface area contributed by atoms with Crippen molar-refractivity contribution in [3.8, 4) is 0 Å². The van der Waals surface area contributed by atoms with Crippen molar-refractivity contribution in [2.75, 3.05) is 10.9 Å². The number of rotatable bonds is 7. The average molecular weight is 604 g/mol. The van der Waals surface area contributed by atoms with E-state index in [0.717, 1.165) is 0 Å². The smallest absolute Gasteiger partial charge is 0.429 e. The van der Waals surface area contributed by atoms with Gasteiger partial charge in [0.25, 0.3) is 0 Å². The van der Waals surface area contributed by atoms with E-state index >= 15 is 0 Å². The second-order valence-corrected chi connectivity index (χ2v) is 14.1. The molecule has 0 aromatic heterocycles. The number of nitrogens with zero attached hydrogens (tertiary/aromatic N) is 2. The fourth-order valence-electron chi connectivity index (χ4n) is 3.94.